The minimum Gasteiger partial charge on any atom is -0.381 e. The molecule has 9 nitrogen and oxygen atoms in total. The SMILES string of the molecule is Nc1nc2ccccn2c1S(=O)(=O)NCCS(N)(=O)=O. The molecule has 0 bridgehead atoms. The highest BCUT2D eigenvalue weighted by Crippen LogP contribution is 2.19. The average Bonchev–Trinajstić information content (AvgIpc) is 2.63. The fourth-order valence-electron chi connectivity index (χ4n) is 1.65. The predicted molar refractivity (Wildman–Crippen MR) is 72.8 cm³/mol. The topological polar surface area (TPSA) is 150 Å². The Balaban J connectivity index is 2.35. The number of rotatable bonds is 5. The van der Waals surface area contributed by atoms with Gasteiger partial charge in [0.15, 0.2) is 10.8 Å². The van der Waals surface area contributed by atoms with E-state index in [2.05, 4.69) is 9.71 Å². The second-order valence-electron chi connectivity index (χ2n) is 4.00. The van der Waals surface area contributed by atoms with E-state index in [1.54, 1.807) is 18.2 Å². The van der Waals surface area contributed by atoms with E-state index in [1.807, 2.05) is 0 Å². The molecule has 2 aromatic rings. The van der Waals surface area contributed by atoms with Crippen LogP contribution in [0.2, 0.25) is 0 Å². The number of hydrogen-bond donors (Lipinski definition) is 3. The zero-order chi connectivity index (χ0) is 15.0. The van der Waals surface area contributed by atoms with Crippen molar-refractivity contribution in [2.24, 2.45) is 5.14 Å². The predicted octanol–water partition coefficient (Wildman–Crippen LogP) is -1.52. The molecule has 0 aromatic carbocycles. The van der Waals surface area contributed by atoms with Gasteiger partial charge in [0.05, 0.1) is 5.75 Å². The van der Waals surface area contributed by atoms with Crippen molar-refractivity contribution in [2.75, 3.05) is 18.0 Å². The van der Waals surface area contributed by atoms with Gasteiger partial charge in [0.1, 0.15) is 5.65 Å². The number of nitrogen functional groups attached to an aromatic ring is 1. The number of aromatic nitrogens is 2. The van der Waals surface area contributed by atoms with E-state index in [4.69, 9.17) is 10.9 Å². The molecule has 0 spiro atoms. The van der Waals surface area contributed by atoms with Crippen LogP contribution in [0.1, 0.15) is 0 Å². The van der Waals surface area contributed by atoms with Gasteiger partial charge in [-0.05, 0) is 12.1 Å². The zero-order valence-corrected chi connectivity index (χ0v) is 11.9. The highest BCUT2D eigenvalue weighted by atomic mass is 32.2. The third-order valence-corrected chi connectivity index (χ3v) is 4.72. The van der Waals surface area contributed by atoms with Crippen molar-refractivity contribution < 1.29 is 16.8 Å². The summed E-state index contributed by atoms with van der Waals surface area (Å²) in [6, 6.07) is 4.91. The van der Waals surface area contributed by atoms with E-state index in [1.165, 1.54) is 10.6 Å². The molecular weight excluding hydrogens is 306 g/mol. The Morgan fingerprint density at radius 3 is 2.60 bits per heavy atom. The van der Waals surface area contributed by atoms with Crippen molar-refractivity contribution >= 4 is 31.5 Å². The lowest BCUT2D eigenvalue weighted by Crippen LogP contribution is -2.32. The summed E-state index contributed by atoms with van der Waals surface area (Å²) < 4.78 is 49.2. The van der Waals surface area contributed by atoms with Crippen LogP contribution in [0.15, 0.2) is 29.4 Å². The first-order valence-corrected chi connectivity index (χ1v) is 8.63. The Labute approximate surface area is 115 Å². The number of nitrogens with two attached hydrogens (primary N) is 2. The van der Waals surface area contributed by atoms with Gasteiger partial charge in [0.25, 0.3) is 10.0 Å². The van der Waals surface area contributed by atoms with Gasteiger partial charge in [0, 0.05) is 12.7 Å². The fraction of sp³-hybridized carbons (Fsp3) is 0.222. The molecular formula is C9H13N5O4S2. The Kier molecular flexibility index (Phi) is 3.69. The van der Waals surface area contributed by atoms with Crippen molar-refractivity contribution in [3.63, 3.8) is 0 Å². The summed E-state index contributed by atoms with van der Waals surface area (Å²) in [5, 5.41) is 4.57. The van der Waals surface area contributed by atoms with Crippen LogP contribution >= 0.6 is 0 Å². The standard InChI is InChI=1S/C9H13N5O4S2/c10-8-9(14-5-2-1-3-7(14)13-8)20(17,18)12-4-6-19(11,15)16/h1-3,5,12H,4,6,10H2,(H2,11,15,16). The van der Waals surface area contributed by atoms with Crippen molar-refractivity contribution in [1.29, 1.82) is 0 Å². The average molecular weight is 319 g/mol. The lowest BCUT2D eigenvalue weighted by Gasteiger charge is -2.06. The maximum Gasteiger partial charge on any atom is 0.260 e. The van der Waals surface area contributed by atoms with Crippen LogP contribution in [0.25, 0.3) is 5.65 Å². The maximum atomic E-state index is 12.1. The molecule has 11 heteroatoms. The van der Waals surface area contributed by atoms with Crippen molar-refractivity contribution in [1.82, 2.24) is 14.1 Å². The number of nitrogens with one attached hydrogen (secondary N) is 1. The molecule has 0 saturated heterocycles. The summed E-state index contributed by atoms with van der Waals surface area (Å²) in [7, 11) is -7.74. The first kappa shape index (κ1) is 14.7. The number of primary sulfonamides is 1. The van der Waals surface area contributed by atoms with Gasteiger partial charge in [0.2, 0.25) is 10.0 Å². The van der Waals surface area contributed by atoms with Crippen LogP contribution in [0.4, 0.5) is 5.82 Å². The molecule has 0 fully saturated rings. The zero-order valence-electron chi connectivity index (χ0n) is 10.2. The molecule has 110 valence electrons. The first-order chi connectivity index (χ1) is 9.21. The lowest BCUT2D eigenvalue weighted by molar-refractivity contribution is 0.577. The Hall–Kier alpha value is -1.69. The number of imidazole rings is 1. The molecule has 0 aliphatic carbocycles. The van der Waals surface area contributed by atoms with Gasteiger partial charge < -0.3 is 5.73 Å². The third-order valence-electron chi connectivity index (χ3n) is 2.44. The first-order valence-electron chi connectivity index (χ1n) is 5.43. The van der Waals surface area contributed by atoms with Crippen LogP contribution in [-0.2, 0) is 20.0 Å². The monoisotopic (exact) mass is 319 g/mol. The van der Waals surface area contributed by atoms with Crippen LogP contribution in [0.3, 0.4) is 0 Å². The summed E-state index contributed by atoms with van der Waals surface area (Å²) in [5.41, 5.74) is 5.97. The number of anilines is 1. The Morgan fingerprint density at radius 1 is 1.25 bits per heavy atom. The molecule has 0 amide bonds. The second kappa shape index (κ2) is 5.01. The Bertz CT molecular complexity index is 840. The molecule has 0 radical (unpaired) electrons. The van der Waals surface area contributed by atoms with E-state index in [0.717, 1.165) is 0 Å². The van der Waals surface area contributed by atoms with Crippen LogP contribution in [0, 0.1) is 0 Å². The molecule has 0 unspecified atom stereocenters. The van der Waals surface area contributed by atoms with Gasteiger partial charge in [-0.1, -0.05) is 6.07 Å². The minimum atomic E-state index is -3.99. The summed E-state index contributed by atoms with van der Waals surface area (Å²) in [6.07, 6.45) is 1.49. The molecule has 2 aromatic heterocycles. The minimum absolute atomic E-state index is 0.167. The van der Waals surface area contributed by atoms with E-state index in [-0.39, 0.29) is 17.4 Å². The van der Waals surface area contributed by atoms with E-state index in [0.29, 0.717) is 5.65 Å². The largest absolute Gasteiger partial charge is 0.381 e. The quantitative estimate of drug-likeness (QED) is 0.609. The van der Waals surface area contributed by atoms with Gasteiger partial charge in [-0.25, -0.2) is 31.7 Å². The fourth-order valence-corrected chi connectivity index (χ4v) is 3.40. The van der Waals surface area contributed by atoms with Crippen LogP contribution in [-0.4, -0.2) is 38.5 Å². The number of sulfonamides is 2. The summed E-state index contributed by atoms with van der Waals surface area (Å²) in [6.45, 7) is -0.347. The summed E-state index contributed by atoms with van der Waals surface area (Å²) in [5.74, 6) is -0.678. The number of fused-ring (bicyclic) bond motifs is 1. The molecule has 0 saturated carbocycles. The molecule has 2 rings (SSSR count). The molecule has 2 heterocycles. The third kappa shape index (κ3) is 3.07. The molecule has 5 N–H and O–H groups in total. The number of pyridine rings is 1. The van der Waals surface area contributed by atoms with Crippen molar-refractivity contribution in [3.8, 4) is 0 Å². The second-order valence-corrected chi connectivity index (χ2v) is 7.41. The summed E-state index contributed by atoms with van der Waals surface area (Å²) in [4.78, 5) is 3.91. The van der Waals surface area contributed by atoms with Crippen LogP contribution < -0.4 is 15.6 Å². The van der Waals surface area contributed by atoms with E-state index >= 15 is 0 Å². The van der Waals surface area contributed by atoms with Gasteiger partial charge in [-0.2, -0.15) is 0 Å². The van der Waals surface area contributed by atoms with E-state index in [9.17, 15) is 16.8 Å². The van der Waals surface area contributed by atoms with Gasteiger partial charge in [-0.15, -0.1) is 0 Å². The van der Waals surface area contributed by atoms with Crippen LogP contribution in [0.5, 0.6) is 0 Å². The molecule has 20 heavy (non-hydrogen) atoms. The molecule has 0 aliphatic rings. The Morgan fingerprint density at radius 2 is 1.95 bits per heavy atom. The maximum absolute atomic E-state index is 12.1. The molecule has 0 atom stereocenters. The summed E-state index contributed by atoms with van der Waals surface area (Å²) >= 11 is 0. The highest BCUT2D eigenvalue weighted by Gasteiger charge is 2.23. The van der Waals surface area contributed by atoms with Gasteiger partial charge in [-0.3, -0.25) is 4.40 Å². The lowest BCUT2D eigenvalue weighted by atomic mass is 10.5. The van der Waals surface area contributed by atoms with Gasteiger partial charge >= 0.3 is 0 Å². The van der Waals surface area contributed by atoms with Crippen molar-refractivity contribution in [3.05, 3.63) is 24.4 Å². The highest BCUT2D eigenvalue weighted by molar-refractivity contribution is 7.90. The van der Waals surface area contributed by atoms with Crippen molar-refractivity contribution in [2.45, 2.75) is 5.03 Å². The smallest absolute Gasteiger partial charge is 0.260 e. The number of hydrogen-bond acceptors (Lipinski definition) is 6. The van der Waals surface area contributed by atoms with E-state index < -0.39 is 25.8 Å². The number of nitrogens with zero attached hydrogens (tertiary/aromatic N) is 2. The molecule has 0 aliphatic heterocycles. The normalized spacial score (nSPS) is 12.8.